The molecular weight excluding hydrogens is 512 g/mol. The Balaban J connectivity index is 1.72. The van der Waals surface area contributed by atoms with E-state index in [1.807, 2.05) is 32.9 Å². The molecule has 4 N–H and O–H groups in total. The molecule has 0 aromatic heterocycles. The summed E-state index contributed by atoms with van der Waals surface area (Å²) >= 11 is 0. The van der Waals surface area contributed by atoms with Crippen molar-refractivity contribution in [2.75, 3.05) is 6.54 Å². The van der Waals surface area contributed by atoms with Gasteiger partial charge >= 0.3 is 6.09 Å². The Morgan fingerprint density at radius 1 is 1.13 bits per heavy atom. The van der Waals surface area contributed by atoms with E-state index in [1.165, 1.54) is 4.90 Å². The van der Waals surface area contributed by atoms with Gasteiger partial charge in [0.1, 0.15) is 11.1 Å². The Labute approximate surface area is 224 Å². The van der Waals surface area contributed by atoms with Crippen LogP contribution in [0.1, 0.15) is 85.0 Å². The highest BCUT2D eigenvalue weighted by Gasteiger charge is 2.65. The molecule has 2 aliphatic carbocycles. The molecule has 0 radical (unpaired) electrons. The van der Waals surface area contributed by atoms with Crippen molar-refractivity contribution in [3.8, 4) is 0 Å². The zero-order chi connectivity index (χ0) is 27.9. The number of allylic oxidation sites excluding steroid dienone is 1. The van der Waals surface area contributed by atoms with E-state index in [1.54, 1.807) is 0 Å². The second-order valence-electron chi connectivity index (χ2n) is 12.1. The molecule has 2 heterocycles. The second-order valence-corrected chi connectivity index (χ2v) is 14.1. The molecule has 2 saturated carbocycles. The Kier molecular flexibility index (Phi) is 7.59. The first-order chi connectivity index (χ1) is 17.7. The van der Waals surface area contributed by atoms with Gasteiger partial charge in [0.2, 0.25) is 15.9 Å². The maximum Gasteiger partial charge on any atom is 0.405 e. The van der Waals surface area contributed by atoms with E-state index in [0.29, 0.717) is 32.1 Å². The van der Waals surface area contributed by atoms with Crippen molar-refractivity contribution in [2.24, 2.45) is 17.1 Å². The fourth-order valence-electron chi connectivity index (χ4n) is 6.02. The van der Waals surface area contributed by atoms with Gasteiger partial charge in [0.15, 0.2) is 6.10 Å². The number of primary amides is 1. The molecule has 11 nitrogen and oxygen atoms in total. The van der Waals surface area contributed by atoms with Gasteiger partial charge in [-0.25, -0.2) is 13.2 Å². The van der Waals surface area contributed by atoms with Crippen LogP contribution in [0.3, 0.4) is 0 Å². The van der Waals surface area contributed by atoms with E-state index in [-0.39, 0.29) is 25.3 Å². The third kappa shape index (κ3) is 5.28. The SMILES string of the molecule is CC(C)(C)C12CCCN1C(=O)C(OC(N)=O)CCCCC/C=C/C1CC1(C(=O)NS(=O)(=O)C1CC1)NC2=O. The molecular formula is C26H40N4O7S. The lowest BCUT2D eigenvalue weighted by atomic mass is 9.70. The molecule has 3 fully saturated rings. The van der Waals surface area contributed by atoms with Crippen LogP contribution < -0.4 is 15.8 Å². The van der Waals surface area contributed by atoms with Gasteiger partial charge in [-0.15, -0.1) is 0 Å². The van der Waals surface area contributed by atoms with E-state index in [9.17, 15) is 27.6 Å². The molecule has 2 aliphatic heterocycles. The molecule has 38 heavy (non-hydrogen) atoms. The zero-order valence-corrected chi connectivity index (χ0v) is 23.3. The summed E-state index contributed by atoms with van der Waals surface area (Å²) < 4.78 is 32.6. The molecule has 0 spiro atoms. The molecule has 212 valence electrons. The number of amides is 4. The first kappa shape index (κ1) is 28.4. The van der Waals surface area contributed by atoms with Gasteiger partial charge in [0, 0.05) is 12.5 Å². The summed E-state index contributed by atoms with van der Waals surface area (Å²) in [5.41, 5.74) is 1.76. The Bertz CT molecular complexity index is 1130. The van der Waals surface area contributed by atoms with Gasteiger partial charge in [-0.1, -0.05) is 39.3 Å². The van der Waals surface area contributed by atoms with Crippen LogP contribution >= 0.6 is 0 Å². The number of hydrogen-bond acceptors (Lipinski definition) is 7. The Morgan fingerprint density at radius 3 is 2.47 bits per heavy atom. The van der Waals surface area contributed by atoms with Crippen LogP contribution in [0.25, 0.3) is 0 Å². The van der Waals surface area contributed by atoms with Crippen LogP contribution in [0.4, 0.5) is 4.79 Å². The standard InChI is InChI=1S/C26H40N4O7S/c1-24(2,3)26-14-9-15-30(26)20(31)19(37-23(27)34)11-8-6-4-5-7-10-17-16-25(17,28-22(26)33)21(32)29-38(35,36)18-12-13-18/h7,10,17-19H,4-6,8-9,11-16H2,1-3H3,(H2,27,34)(H,28,33)(H,29,32)/b10-7+. The number of nitrogens with two attached hydrogens (primary N) is 1. The molecule has 4 aliphatic rings. The third-order valence-corrected chi connectivity index (χ3v) is 10.3. The van der Waals surface area contributed by atoms with E-state index >= 15 is 0 Å². The van der Waals surface area contributed by atoms with Crippen LogP contribution in [0.15, 0.2) is 12.2 Å². The van der Waals surface area contributed by atoms with Crippen LogP contribution in [0, 0.1) is 11.3 Å². The average molecular weight is 553 g/mol. The summed E-state index contributed by atoms with van der Waals surface area (Å²) in [6, 6.07) is 0. The minimum atomic E-state index is -3.82. The molecule has 4 amide bonds. The quantitative estimate of drug-likeness (QED) is 0.448. The molecule has 0 aromatic carbocycles. The highest BCUT2D eigenvalue weighted by atomic mass is 32.2. The third-order valence-electron chi connectivity index (χ3n) is 8.46. The first-order valence-electron chi connectivity index (χ1n) is 13.6. The maximum absolute atomic E-state index is 14.2. The summed E-state index contributed by atoms with van der Waals surface area (Å²) in [5, 5.41) is 2.34. The van der Waals surface area contributed by atoms with E-state index in [4.69, 9.17) is 10.5 Å². The summed E-state index contributed by atoms with van der Waals surface area (Å²) in [5.74, 6) is -2.11. The highest BCUT2D eigenvalue weighted by molar-refractivity contribution is 7.91. The van der Waals surface area contributed by atoms with Gasteiger partial charge in [-0.2, -0.15) is 0 Å². The average Bonchev–Trinajstić information content (AvgIpc) is 3.72. The summed E-state index contributed by atoms with van der Waals surface area (Å²) in [7, 11) is -3.82. The Morgan fingerprint density at radius 2 is 1.84 bits per heavy atom. The second kappa shape index (κ2) is 10.2. The number of sulfonamides is 1. The van der Waals surface area contributed by atoms with E-state index < -0.39 is 61.7 Å². The van der Waals surface area contributed by atoms with E-state index in [2.05, 4.69) is 10.0 Å². The van der Waals surface area contributed by atoms with Gasteiger partial charge in [0.25, 0.3) is 11.8 Å². The smallest absolute Gasteiger partial charge is 0.405 e. The van der Waals surface area contributed by atoms with Gasteiger partial charge in [-0.05, 0) is 63.2 Å². The molecule has 4 rings (SSSR count). The van der Waals surface area contributed by atoms with Crippen molar-refractivity contribution in [2.45, 2.75) is 107 Å². The van der Waals surface area contributed by atoms with Crippen LogP contribution in [-0.2, 0) is 29.1 Å². The van der Waals surface area contributed by atoms with Crippen LogP contribution in [-0.4, -0.2) is 66.1 Å². The van der Waals surface area contributed by atoms with Crippen molar-refractivity contribution < 1.29 is 32.3 Å². The van der Waals surface area contributed by atoms with Crippen LogP contribution in [0.5, 0.6) is 0 Å². The summed E-state index contributed by atoms with van der Waals surface area (Å²) in [6.45, 7) is 5.83. The number of hydrogen-bond donors (Lipinski definition) is 3. The largest absolute Gasteiger partial charge is 0.436 e. The molecule has 0 bridgehead atoms. The van der Waals surface area contributed by atoms with Gasteiger partial charge in [0.05, 0.1) is 5.25 Å². The monoisotopic (exact) mass is 552 g/mol. The number of nitrogens with one attached hydrogen (secondary N) is 2. The fraction of sp³-hybridized carbons (Fsp3) is 0.769. The lowest BCUT2D eigenvalue weighted by molar-refractivity contribution is -0.158. The summed E-state index contributed by atoms with van der Waals surface area (Å²) in [6.07, 6.45) is 7.06. The number of ether oxygens (including phenoxy) is 1. The van der Waals surface area contributed by atoms with Crippen molar-refractivity contribution >= 4 is 33.8 Å². The molecule has 12 heteroatoms. The molecule has 4 unspecified atom stereocenters. The number of fused-ring (bicyclic) bond motifs is 2. The van der Waals surface area contributed by atoms with Crippen molar-refractivity contribution in [3.63, 3.8) is 0 Å². The lowest BCUT2D eigenvalue weighted by Crippen LogP contribution is -2.68. The normalized spacial score (nSPS) is 33.6. The molecule has 0 aromatic rings. The van der Waals surface area contributed by atoms with E-state index in [0.717, 1.165) is 19.3 Å². The van der Waals surface area contributed by atoms with Crippen LogP contribution in [0.2, 0.25) is 0 Å². The first-order valence-corrected chi connectivity index (χ1v) is 15.1. The highest BCUT2D eigenvalue weighted by Crippen LogP contribution is 2.49. The summed E-state index contributed by atoms with van der Waals surface area (Å²) in [4.78, 5) is 54.6. The van der Waals surface area contributed by atoms with Crippen molar-refractivity contribution in [1.29, 1.82) is 0 Å². The van der Waals surface area contributed by atoms with Crippen molar-refractivity contribution in [3.05, 3.63) is 12.2 Å². The zero-order valence-electron chi connectivity index (χ0n) is 22.5. The number of carbonyl (C=O) groups is 4. The number of carbonyl (C=O) groups excluding carboxylic acids is 4. The van der Waals surface area contributed by atoms with Gasteiger partial charge in [-0.3, -0.25) is 19.1 Å². The lowest BCUT2D eigenvalue weighted by Gasteiger charge is -2.47. The minimum absolute atomic E-state index is 0.267. The minimum Gasteiger partial charge on any atom is -0.436 e. The topological polar surface area (TPSA) is 165 Å². The fourth-order valence-corrected chi connectivity index (χ4v) is 7.38. The number of rotatable bonds is 4. The number of nitrogens with zero attached hydrogens (tertiary/aromatic N) is 1. The predicted octanol–water partition coefficient (Wildman–Crippen LogP) is 1.86. The predicted molar refractivity (Wildman–Crippen MR) is 139 cm³/mol. The Hall–Kier alpha value is -2.63. The molecule has 4 atom stereocenters. The maximum atomic E-state index is 14.2. The molecule has 1 saturated heterocycles. The van der Waals surface area contributed by atoms with Crippen molar-refractivity contribution in [1.82, 2.24) is 14.9 Å². The van der Waals surface area contributed by atoms with Gasteiger partial charge < -0.3 is 20.7 Å².